The Labute approximate surface area is 79.9 Å². The van der Waals surface area contributed by atoms with Gasteiger partial charge in [0, 0.05) is 19.5 Å². The molecule has 1 rings (SSSR count). The maximum absolute atomic E-state index is 11.4. The summed E-state index contributed by atoms with van der Waals surface area (Å²) in [4.78, 5) is 13.5. The topological polar surface area (TPSA) is 37.7 Å². The van der Waals surface area contributed by atoms with Gasteiger partial charge in [0.05, 0.1) is 6.54 Å². The normalized spacial score (nSPS) is 19.3. The lowest BCUT2D eigenvalue weighted by Crippen LogP contribution is -2.40. The van der Waals surface area contributed by atoms with E-state index in [1.54, 1.807) is 5.01 Å². The van der Waals surface area contributed by atoms with Gasteiger partial charge in [0.1, 0.15) is 0 Å². The van der Waals surface area contributed by atoms with Crippen molar-refractivity contribution in [1.29, 1.82) is 0 Å². The highest BCUT2D eigenvalue weighted by Gasteiger charge is 2.16. The van der Waals surface area contributed by atoms with Crippen LogP contribution >= 0.6 is 0 Å². The molecule has 1 aliphatic rings. The van der Waals surface area contributed by atoms with Crippen molar-refractivity contribution in [2.24, 2.45) is 0 Å². The van der Waals surface area contributed by atoms with Crippen molar-refractivity contribution in [1.82, 2.24) is 15.3 Å². The summed E-state index contributed by atoms with van der Waals surface area (Å²) in [6.45, 7) is 2.42. The summed E-state index contributed by atoms with van der Waals surface area (Å²) in [5, 5.41) is 1.63. The lowest BCUT2D eigenvalue weighted by atomic mass is 10.2. The van der Waals surface area contributed by atoms with Gasteiger partial charge in [-0.2, -0.15) is 0 Å². The number of hydrogen-bond acceptors (Lipinski definition) is 2. The van der Waals surface area contributed by atoms with E-state index in [2.05, 4.69) is 10.3 Å². The third kappa shape index (κ3) is 3.74. The average Bonchev–Trinajstić information content (AvgIpc) is 2.27. The van der Waals surface area contributed by atoms with E-state index in [1.165, 1.54) is 0 Å². The van der Waals surface area contributed by atoms with Gasteiger partial charge in [-0.1, -0.05) is 0 Å². The van der Waals surface area contributed by atoms with Gasteiger partial charge in [0.25, 0.3) is 0 Å². The predicted octanol–water partition coefficient (Wildman–Crippen LogP) is 0.0799. The Morgan fingerprint density at radius 3 is 2.92 bits per heavy atom. The molecule has 75 valence electrons. The monoisotopic (exact) mass is 184 g/mol. The molecule has 1 aliphatic heterocycles. The van der Waals surface area contributed by atoms with Crippen LogP contribution in [0, 0.1) is 0 Å². The molecule has 0 bridgehead atoms. The molecule has 1 heterocycles. The summed E-state index contributed by atoms with van der Waals surface area (Å²) < 4.78 is 0. The third-order valence-corrected chi connectivity index (χ3v) is 2.12. The molecule has 0 aromatic rings. The second-order valence-electron chi connectivity index (χ2n) is 3.64. The van der Waals surface area contributed by atoms with E-state index in [4.69, 9.17) is 0 Å². The van der Waals surface area contributed by atoms with Crippen molar-refractivity contribution in [2.75, 3.05) is 33.7 Å². The molecule has 13 heavy (non-hydrogen) atoms. The van der Waals surface area contributed by atoms with Crippen LogP contribution in [0.25, 0.3) is 0 Å². The maximum atomic E-state index is 11.4. The van der Waals surface area contributed by atoms with Gasteiger partial charge in [0.15, 0.2) is 0 Å². The Kier molecular flexibility index (Phi) is 4.18. The molecule has 0 unspecified atom stereocenters. The second-order valence-corrected chi connectivity index (χ2v) is 3.64. The smallest absolute Gasteiger partial charge is 0.238 e. The van der Waals surface area contributed by atoms with Crippen LogP contribution in [0.2, 0.25) is 0 Å². The Hall–Kier alpha value is -0.610. The zero-order chi connectivity index (χ0) is 9.68. The molecule has 0 atom stereocenters. The van der Waals surface area contributed by atoms with Crippen molar-refractivity contribution < 1.29 is 4.79 Å². The summed E-state index contributed by atoms with van der Waals surface area (Å²) in [7, 11) is 4.00. The number of hydrogen-bond donors (Lipinski definition) is 0. The molecule has 0 N–H and O–H groups in total. The van der Waals surface area contributed by atoms with Gasteiger partial charge < -0.3 is 4.90 Å². The van der Waals surface area contributed by atoms with E-state index in [0.717, 1.165) is 32.5 Å². The van der Waals surface area contributed by atoms with Crippen LogP contribution in [0.4, 0.5) is 0 Å². The number of amides is 1. The predicted molar refractivity (Wildman–Crippen MR) is 51.1 cm³/mol. The molecule has 1 amide bonds. The fraction of sp³-hybridized carbons (Fsp3) is 0.889. The first-order chi connectivity index (χ1) is 6.20. The van der Waals surface area contributed by atoms with E-state index < -0.39 is 0 Å². The summed E-state index contributed by atoms with van der Waals surface area (Å²) in [5.74, 6) is 0.180. The van der Waals surface area contributed by atoms with Crippen LogP contribution in [0.5, 0.6) is 0 Å². The average molecular weight is 184 g/mol. The fourth-order valence-corrected chi connectivity index (χ4v) is 1.28. The van der Waals surface area contributed by atoms with Crippen molar-refractivity contribution in [3.63, 3.8) is 0 Å². The summed E-state index contributed by atoms with van der Waals surface area (Å²) >= 11 is 0. The Morgan fingerprint density at radius 1 is 1.46 bits per heavy atom. The maximum Gasteiger partial charge on any atom is 0.238 e. The number of carbonyl (C=O) groups excluding carboxylic acids is 1. The van der Waals surface area contributed by atoms with E-state index in [0.29, 0.717) is 6.42 Å². The van der Waals surface area contributed by atoms with E-state index in [-0.39, 0.29) is 5.91 Å². The second kappa shape index (κ2) is 5.19. The van der Waals surface area contributed by atoms with Gasteiger partial charge in [0.2, 0.25) is 5.91 Å². The lowest BCUT2D eigenvalue weighted by molar-refractivity contribution is -0.134. The highest BCUT2D eigenvalue weighted by Crippen LogP contribution is 2.04. The molecule has 0 aromatic heterocycles. The van der Waals surface area contributed by atoms with Crippen LogP contribution < -0.4 is 5.43 Å². The molecule has 0 aromatic carbocycles. The fourth-order valence-electron chi connectivity index (χ4n) is 1.28. The quantitative estimate of drug-likeness (QED) is 0.623. The molecule has 1 radical (unpaired) electrons. The molecule has 0 spiro atoms. The minimum atomic E-state index is 0.180. The number of carbonyl (C=O) groups is 1. The van der Waals surface area contributed by atoms with Crippen molar-refractivity contribution >= 4 is 5.91 Å². The summed E-state index contributed by atoms with van der Waals surface area (Å²) in [6.07, 6.45) is 2.70. The van der Waals surface area contributed by atoms with E-state index in [9.17, 15) is 4.79 Å². The summed E-state index contributed by atoms with van der Waals surface area (Å²) in [6, 6.07) is 0. The molecule has 1 saturated heterocycles. The molecule has 4 heteroatoms. The minimum absolute atomic E-state index is 0.180. The van der Waals surface area contributed by atoms with Gasteiger partial charge in [-0.15, -0.1) is 5.43 Å². The number of rotatable bonds is 3. The summed E-state index contributed by atoms with van der Waals surface area (Å²) in [5.41, 5.74) is 4.23. The Morgan fingerprint density at radius 2 is 2.23 bits per heavy atom. The van der Waals surface area contributed by atoms with Crippen molar-refractivity contribution in [3.05, 3.63) is 0 Å². The Balaban J connectivity index is 2.32. The van der Waals surface area contributed by atoms with Crippen LogP contribution in [0.3, 0.4) is 0 Å². The molecule has 0 saturated carbocycles. The zero-order valence-corrected chi connectivity index (χ0v) is 8.49. The number of nitrogens with zero attached hydrogens (tertiary/aromatic N) is 3. The van der Waals surface area contributed by atoms with Crippen LogP contribution in [-0.2, 0) is 4.79 Å². The van der Waals surface area contributed by atoms with Crippen molar-refractivity contribution in [2.45, 2.75) is 19.3 Å². The molecule has 1 fully saturated rings. The third-order valence-electron chi connectivity index (χ3n) is 2.12. The highest BCUT2D eigenvalue weighted by molar-refractivity contribution is 5.75. The van der Waals surface area contributed by atoms with Gasteiger partial charge in [-0.25, -0.2) is 0 Å². The molecular weight excluding hydrogens is 166 g/mol. The lowest BCUT2D eigenvalue weighted by Gasteiger charge is -2.20. The van der Waals surface area contributed by atoms with Crippen molar-refractivity contribution in [3.8, 4) is 0 Å². The standard InChI is InChI=1S/C9H18N3O/c1-11(2)7-8-12-9(13)5-3-4-6-10-12/h3-8H2,1-2H3. The highest BCUT2D eigenvalue weighted by atomic mass is 16.2. The van der Waals surface area contributed by atoms with E-state index >= 15 is 0 Å². The van der Waals surface area contributed by atoms with Gasteiger partial charge in [-0.05, 0) is 26.9 Å². The largest absolute Gasteiger partial charge is 0.308 e. The minimum Gasteiger partial charge on any atom is -0.308 e. The molecule has 4 nitrogen and oxygen atoms in total. The zero-order valence-electron chi connectivity index (χ0n) is 8.49. The van der Waals surface area contributed by atoms with Crippen LogP contribution in [-0.4, -0.2) is 49.5 Å². The number of likely N-dealkylation sites (N-methyl/N-ethyl adjacent to an activating group) is 1. The van der Waals surface area contributed by atoms with Gasteiger partial charge >= 0.3 is 0 Å². The Bertz CT molecular complexity index is 170. The SMILES string of the molecule is CN(C)CCN1[N]CCCCC1=O. The first-order valence-corrected chi connectivity index (χ1v) is 4.82. The van der Waals surface area contributed by atoms with E-state index in [1.807, 2.05) is 14.1 Å². The molecule has 0 aliphatic carbocycles. The van der Waals surface area contributed by atoms with Crippen LogP contribution in [0.15, 0.2) is 0 Å². The van der Waals surface area contributed by atoms with Gasteiger partial charge in [-0.3, -0.25) is 9.80 Å². The molecular formula is C9H18N3O. The first kappa shape index (κ1) is 10.5. The first-order valence-electron chi connectivity index (χ1n) is 4.82. The van der Waals surface area contributed by atoms with Crippen LogP contribution in [0.1, 0.15) is 19.3 Å².